The molecule has 8 rings (SSSR count). The first-order chi connectivity index (χ1) is 30.8. The third-order valence-corrected chi connectivity index (χ3v) is 7.27. The Morgan fingerprint density at radius 1 is 0.323 bits per heavy atom. The number of carbonyl (C=O) groups is 4. The number of hydrogen-bond donors (Lipinski definition) is 0. The molecule has 2 aromatic carbocycles. The van der Waals surface area contributed by atoms with E-state index < -0.39 is 47.1 Å². The van der Waals surface area contributed by atoms with Crippen molar-refractivity contribution in [3.63, 3.8) is 0 Å². The molecule has 6 heterocycles. The van der Waals surface area contributed by atoms with Crippen LogP contribution >= 0.6 is 0 Å². The molecule has 0 fully saturated rings. The molecule has 14 nitrogen and oxygen atoms in total. The Hall–Kier alpha value is -8.41. The summed E-state index contributed by atoms with van der Waals surface area (Å²) in [6, 6.07) is 37.9. The van der Waals surface area contributed by atoms with Crippen LogP contribution in [0.25, 0.3) is 22.5 Å². The molecule has 0 N–H and O–H groups in total. The van der Waals surface area contributed by atoms with E-state index in [2.05, 4.69) is 29.9 Å². The summed E-state index contributed by atoms with van der Waals surface area (Å²) >= 11 is 0. The molecular formula is C46H30F4IrN6O8. The van der Waals surface area contributed by atoms with Gasteiger partial charge in [0.15, 0.2) is 23.3 Å². The minimum Gasteiger partial charge on any atom is -0.543 e. The molecule has 0 aliphatic rings. The number of halogens is 4. The number of pyridine rings is 6. The third kappa shape index (κ3) is 19.0. The van der Waals surface area contributed by atoms with Gasteiger partial charge in [0.25, 0.3) is 0 Å². The largest absolute Gasteiger partial charge is 4.00 e. The number of aromatic carboxylic acids is 4. The topological polar surface area (TPSA) is 238 Å². The van der Waals surface area contributed by atoms with Crippen molar-refractivity contribution >= 4 is 23.9 Å². The average molecular weight is 1060 g/mol. The minimum atomic E-state index is -1.24. The zero-order valence-electron chi connectivity index (χ0n) is 33.1. The molecule has 0 atom stereocenters. The monoisotopic (exact) mass is 1060 g/mol. The molecule has 19 heteroatoms. The Labute approximate surface area is 381 Å². The maximum Gasteiger partial charge on any atom is 4.00 e. The molecule has 0 spiro atoms. The maximum atomic E-state index is 13.2. The van der Waals surface area contributed by atoms with Crippen LogP contribution in [0, 0.1) is 23.3 Å². The predicted molar refractivity (Wildman–Crippen MR) is 213 cm³/mol. The number of aromatic nitrogens is 6. The van der Waals surface area contributed by atoms with Crippen LogP contribution < -0.4 is 20.4 Å². The van der Waals surface area contributed by atoms with E-state index in [0.717, 1.165) is 12.1 Å². The van der Waals surface area contributed by atoms with E-state index >= 15 is 0 Å². The van der Waals surface area contributed by atoms with Crippen LogP contribution in [0.4, 0.5) is 17.6 Å². The number of benzene rings is 2. The maximum absolute atomic E-state index is 13.2. The van der Waals surface area contributed by atoms with Gasteiger partial charge in [-0.05, 0) is 60.7 Å². The standard InChI is InChI=1S/2C11H7F2N.4C6H5NO2.Ir/c2*12-9-6-7-14-11(10(9)13)8-4-2-1-3-5-8;4*8-6(9)5-3-1-2-4-7-5;/h2*1-7H;4*1-4H,(H,8,9);/q;;;;;;+4/p-4. The summed E-state index contributed by atoms with van der Waals surface area (Å²) in [6.45, 7) is 0. The van der Waals surface area contributed by atoms with Crippen LogP contribution in [-0.2, 0) is 20.1 Å². The fourth-order valence-corrected chi connectivity index (χ4v) is 4.37. The Balaban J connectivity index is 0.000000271. The molecule has 65 heavy (non-hydrogen) atoms. The second-order valence-corrected chi connectivity index (χ2v) is 11.7. The second kappa shape index (κ2) is 29.0. The fraction of sp³-hybridized carbons (Fsp3) is 0. The summed E-state index contributed by atoms with van der Waals surface area (Å²) in [7, 11) is 0. The molecule has 329 valence electrons. The van der Waals surface area contributed by atoms with Gasteiger partial charge in [0.1, 0.15) is 11.4 Å². The van der Waals surface area contributed by atoms with Gasteiger partial charge in [-0.25, -0.2) is 17.6 Å². The van der Waals surface area contributed by atoms with E-state index in [1.54, 1.807) is 109 Å². The van der Waals surface area contributed by atoms with Gasteiger partial charge in [-0.1, -0.05) is 84.9 Å². The second-order valence-electron chi connectivity index (χ2n) is 11.7. The summed E-state index contributed by atoms with van der Waals surface area (Å²) in [5, 5.41) is 40.1. The van der Waals surface area contributed by atoms with Crippen molar-refractivity contribution in [3.05, 3.63) is 229 Å². The van der Waals surface area contributed by atoms with Gasteiger partial charge < -0.3 is 39.6 Å². The van der Waals surface area contributed by atoms with Gasteiger partial charge in [0, 0.05) is 48.3 Å². The molecule has 1 radical (unpaired) electrons. The van der Waals surface area contributed by atoms with Gasteiger partial charge >= 0.3 is 20.1 Å². The van der Waals surface area contributed by atoms with E-state index in [9.17, 15) is 57.2 Å². The van der Waals surface area contributed by atoms with Gasteiger partial charge in [-0.2, -0.15) is 0 Å². The van der Waals surface area contributed by atoms with Gasteiger partial charge in [0.2, 0.25) is 0 Å². The SMILES string of the molecule is Fc1ccnc(-c2ccccc2)c1F.Fc1ccnc(-c2ccccc2)c1F.O=C([O-])c1ccccn1.O=C([O-])c1ccccn1.O=C([O-])c1ccccn1.O=C([O-])c1ccccn1.[Ir+4]. The Bertz CT molecular complexity index is 2390. The Kier molecular flexibility index (Phi) is 23.5. The van der Waals surface area contributed by atoms with Crippen molar-refractivity contribution in [1.29, 1.82) is 0 Å². The molecule has 8 aromatic rings. The molecule has 0 aliphatic heterocycles. The van der Waals surface area contributed by atoms with E-state index in [1.165, 1.54) is 61.4 Å². The van der Waals surface area contributed by atoms with Crippen LogP contribution in [0.5, 0.6) is 0 Å². The van der Waals surface area contributed by atoms with Gasteiger partial charge in [-0.15, -0.1) is 0 Å². The zero-order chi connectivity index (χ0) is 46.7. The number of hydrogen-bond acceptors (Lipinski definition) is 14. The smallest absolute Gasteiger partial charge is 0.543 e. The number of carboxylic acids is 4. The molecular weight excluding hydrogens is 1030 g/mol. The first kappa shape index (κ1) is 52.7. The summed E-state index contributed by atoms with van der Waals surface area (Å²) in [5.74, 6) is -8.52. The van der Waals surface area contributed by atoms with Crippen molar-refractivity contribution in [2.24, 2.45) is 0 Å². The Morgan fingerprint density at radius 3 is 0.769 bits per heavy atom. The molecule has 0 saturated heterocycles. The van der Waals surface area contributed by atoms with Crippen LogP contribution in [0.3, 0.4) is 0 Å². The molecule has 0 aliphatic carbocycles. The molecule has 0 bridgehead atoms. The molecule has 0 saturated carbocycles. The summed E-state index contributed by atoms with van der Waals surface area (Å²) in [4.78, 5) is 61.8. The van der Waals surface area contributed by atoms with Crippen molar-refractivity contribution in [3.8, 4) is 22.5 Å². The van der Waals surface area contributed by atoms with Crippen LogP contribution in [0.15, 0.2) is 183 Å². The minimum absolute atomic E-state index is 0. The first-order valence-electron chi connectivity index (χ1n) is 18.0. The van der Waals surface area contributed by atoms with E-state index in [-0.39, 0.29) is 54.3 Å². The van der Waals surface area contributed by atoms with E-state index in [0.29, 0.717) is 11.1 Å². The normalized spacial score (nSPS) is 9.29. The summed E-state index contributed by atoms with van der Waals surface area (Å²) in [6.07, 6.45) is 8.13. The third-order valence-electron chi connectivity index (χ3n) is 7.27. The summed E-state index contributed by atoms with van der Waals surface area (Å²) in [5.41, 5.74) is 1.12. The molecule has 0 unspecified atom stereocenters. The number of nitrogens with zero attached hydrogens (tertiary/aromatic N) is 6. The summed E-state index contributed by atoms with van der Waals surface area (Å²) < 4.78 is 52.2. The molecule has 6 aromatic heterocycles. The zero-order valence-corrected chi connectivity index (χ0v) is 35.5. The quantitative estimate of drug-likeness (QED) is 0.215. The number of rotatable bonds is 6. The van der Waals surface area contributed by atoms with E-state index in [1.807, 2.05) is 0 Å². The van der Waals surface area contributed by atoms with Crippen molar-refractivity contribution < 1.29 is 77.3 Å². The number of carboxylic acid groups (broad SMARTS) is 4. The van der Waals surface area contributed by atoms with Crippen LogP contribution in [-0.4, -0.2) is 53.8 Å². The van der Waals surface area contributed by atoms with Gasteiger partial charge in [-0.3, -0.25) is 29.9 Å². The van der Waals surface area contributed by atoms with Crippen LogP contribution in [0.2, 0.25) is 0 Å². The number of carbonyl (C=O) groups excluding carboxylic acids is 4. The van der Waals surface area contributed by atoms with Crippen molar-refractivity contribution in [2.75, 3.05) is 0 Å². The molecule has 0 amide bonds. The van der Waals surface area contributed by atoms with Crippen molar-refractivity contribution in [1.82, 2.24) is 29.9 Å². The first-order valence-corrected chi connectivity index (χ1v) is 18.0. The predicted octanol–water partition coefficient (Wildman–Crippen LogP) is 3.83. The fourth-order valence-electron chi connectivity index (χ4n) is 4.37. The van der Waals surface area contributed by atoms with E-state index in [4.69, 9.17) is 0 Å². The Morgan fingerprint density at radius 2 is 0.569 bits per heavy atom. The average Bonchev–Trinajstić information content (AvgIpc) is 3.33. The van der Waals surface area contributed by atoms with Gasteiger partial charge in [0.05, 0.1) is 46.7 Å². The van der Waals surface area contributed by atoms with Crippen molar-refractivity contribution in [2.45, 2.75) is 0 Å². The van der Waals surface area contributed by atoms with Crippen LogP contribution in [0.1, 0.15) is 42.0 Å².